The van der Waals surface area contributed by atoms with E-state index in [9.17, 15) is 4.79 Å². The van der Waals surface area contributed by atoms with Crippen LogP contribution < -0.4 is 11.1 Å². The Morgan fingerprint density at radius 1 is 1.16 bits per heavy atom. The molecule has 0 unspecified atom stereocenters. The maximum Gasteiger partial charge on any atom is 0.231 e. The Bertz CT molecular complexity index is 450. The molecule has 19 heavy (non-hydrogen) atoms. The van der Waals surface area contributed by atoms with Crippen molar-refractivity contribution in [2.75, 3.05) is 11.9 Å². The standard InChI is InChI=1S/C14H18Cl2N2O/c15-10-6-11(16)8-12(7-10)18-13(19)14(9-17)4-2-1-3-5-14/h6-8H,1-5,9,17H2,(H,18,19). The number of anilines is 1. The topological polar surface area (TPSA) is 55.1 Å². The van der Waals surface area contributed by atoms with Gasteiger partial charge in [-0.15, -0.1) is 0 Å². The first kappa shape index (κ1) is 14.6. The minimum absolute atomic E-state index is 0.0203. The predicted octanol–water partition coefficient (Wildman–Crippen LogP) is 3.84. The van der Waals surface area contributed by atoms with Crippen LogP contribution in [0, 0.1) is 5.41 Å². The Labute approximate surface area is 123 Å². The van der Waals surface area contributed by atoms with Crippen molar-refractivity contribution in [2.24, 2.45) is 11.1 Å². The number of amides is 1. The fraction of sp³-hybridized carbons (Fsp3) is 0.500. The number of carbonyl (C=O) groups is 1. The van der Waals surface area contributed by atoms with E-state index in [1.807, 2.05) is 0 Å². The van der Waals surface area contributed by atoms with Crippen molar-refractivity contribution in [2.45, 2.75) is 32.1 Å². The van der Waals surface area contributed by atoms with Gasteiger partial charge in [-0.2, -0.15) is 0 Å². The van der Waals surface area contributed by atoms with Gasteiger partial charge in [0, 0.05) is 22.3 Å². The monoisotopic (exact) mass is 300 g/mol. The molecule has 0 aliphatic heterocycles. The Kier molecular flexibility index (Phi) is 4.71. The lowest BCUT2D eigenvalue weighted by Gasteiger charge is -2.34. The summed E-state index contributed by atoms with van der Waals surface area (Å²) in [6.07, 6.45) is 4.99. The maximum atomic E-state index is 12.5. The van der Waals surface area contributed by atoms with Crippen molar-refractivity contribution in [1.29, 1.82) is 0 Å². The lowest BCUT2D eigenvalue weighted by molar-refractivity contribution is -0.126. The second kappa shape index (κ2) is 6.12. The summed E-state index contributed by atoms with van der Waals surface area (Å²) in [6.45, 7) is 0.382. The van der Waals surface area contributed by atoms with Crippen molar-refractivity contribution >= 4 is 34.8 Å². The average molecular weight is 301 g/mol. The molecule has 0 atom stereocenters. The van der Waals surface area contributed by atoms with Gasteiger partial charge in [0.1, 0.15) is 0 Å². The van der Waals surface area contributed by atoms with E-state index in [0.717, 1.165) is 25.7 Å². The van der Waals surface area contributed by atoms with Crippen molar-refractivity contribution in [3.63, 3.8) is 0 Å². The van der Waals surface area contributed by atoms with Crippen molar-refractivity contribution in [3.8, 4) is 0 Å². The minimum Gasteiger partial charge on any atom is -0.329 e. The van der Waals surface area contributed by atoms with Crippen LogP contribution in [0.5, 0.6) is 0 Å². The number of carbonyl (C=O) groups excluding carboxylic acids is 1. The number of halogens is 2. The zero-order valence-electron chi connectivity index (χ0n) is 10.7. The number of hydrogen-bond donors (Lipinski definition) is 2. The number of nitrogens with two attached hydrogens (primary N) is 1. The van der Waals surface area contributed by atoms with Crippen LogP contribution in [-0.4, -0.2) is 12.5 Å². The van der Waals surface area contributed by atoms with E-state index in [-0.39, 0.29) is 5.91 Å². The van der Waals surface area contributed by atoms with Crippen molar-refractivity contribution in [3.05, 3.63) is 28.2 Å². The average Bonchev–Trinajstić information content (AvgIpc) is 2.38. The number of hydrogen-bond acceptors (Lipinski definition) is 2. The molecule has 2 rings (SSSR count). The van der Waals surface area contributed by atoms with E-state index in [0.29, 0.717) is 22.3 Å². The molecule has 0 aromatic heterocycles. The molecule has 0 saturated heterocycles. The van der Waals surface area contributed by atoms with E-state index >= 15 is 0 Å². The molecule has 5 heteroatoms. The van der Waals surface area contributed by atoms with Crippen molar-refractivity contribution in [1.82, 2.24) is 0 Å². The summed E-state index contributed by atoms with van der Waals surface area (Å²) in [7, 11) is 0. The third-order valence-electron chi connectivity index (χ3n) is 3.80. The van der Waals surface area contributed by atoms with E-state index in [1.54, 1.807) is 18.2 Å². The summed E-state index contributed by atoms with van der Waals surface area (Å²) in [5.41, 5.74) is 6.03. The van der Waals surface area contributed by atoms with Gasteiger partial charge in [0.15, 0.2) is 0 Å². The molecule has 1 fully saturated rings. The molecule has 0 heterocycles. The third-order valence-corrected chi connectivity index (χ3v) is 4.24. The molecule has 1 aliphatic rings. The molecule has 0 bridgehead atoms. The second-order valence-corrected chi connectivity index (χ2v) is 6.03. The first-order chi connectivity index (χ1) is 9.05. The summed E-state index contributed by atoms with van der Waals surface area (Å²) in [5, 5.41) is 3.91. The quantitative estimate of drug-likeness (QED) is 0.891. The van der Waals surface area contributed by atoms with Gasteiger partial charge in [0.25, 0.3) is 0 Å². The fourth-order valence-corrected chi connectivity index (χ4v) is 3.17. The summed E-state index contributed by atoms with van der Waals surface area (Å²) in [6, 6.07) is 5.02. The highest BCUT2D eigenvalue weighted by Crippen LogP contribution is 2.36. The van der Waals surface area contributed by atoms with E-state index in [1.165, 1.54) is 6.42 Å². The van der Waals surface area contributed by atoms with Gasteiger partial charge in [-0.3, -0.25) is 4.79 Å². The summed E-state index contributed by atoms with van der Waals surface area (Å²) >= 11 is 11.9. The first-order valence-electron chi connectivity index (χ1n) is 6.53. The van der Waals surface area contributed by atoms with Gasteiger partial charge in [-0.25, -0.2) is 0 Å². The highest BCUT2D eigenvalue weighted by molar-refractivity contribution is 6.35. The Morgan fingerprint density at radius 2 is 1.74 bits per heavy atom. The van der Waals surface area contributed by atoms with Crippen LogP contribution in [-0.2, 0) is 4.79 Å². The Hall–Kier alpha value is -0.770. The molecule has 1 aromatic rings. The lowest BCUT2D eigenvalue weighted by Crippen LogP contribution is -2.43. The van der Waals surface area contributed by atoms with Gasteiger partial charge in [-0.1, -0.05) is 42.5 Å². The van der Waals surface area contributed by atoms with E-state index < -0.39 is 5.41 Å². The third kappa shape index (κ3) is 3.41. The largest absolute Gasteiger partial charge is 0.329 e. The SMILES string of the molecule is NCC1(C(=O)Nc2cc(Cl)cc(Cl)c2)CCCCC1. The van der Waals surface area contributed by atoms with Crippen LogP contribution in [0.4, 0.5) is 5.69 Å². The molecule has 104 valence electrons. The molecule has 3 N–H and O–H groups in total. The van der Waals surface area contributed by atoms with Gasteiger partial charge in [0.05, 0.1) is 5.41 Å². The van der Waals surface area contributed by atoms with Crippen LogP contribution in [0.15, 0.2) is 18.2 Å². The van der Waals surface area contributed by atoms with Crippen LogP contribution in [0.25, 0.3) is 0 Å². The molecule has 1 saturated carbocycles. The van der Waals surface area contributed by atoms with E-state index in [4.69, 9.17) is 28.9 Å². The zero-order valence-corrected chi connectivity index (χ0v) is 12.2. The normalized spacial score (nSPS) is 18.1. The van der Waals surface area contributed by atoms with Crippen molar-refractivity contribution < 1.29 is 4.79 Å². The number of rotatable bonds is 3. The Balaban J connectivity index is 2.14. The van der Waals surface area contributed by atoms with Gasteiger partial charge in [-0.05, 0) is 31.0 Å². The molecule has 1 amide bonds. The number of nitrogens with one attached hydrogen (secondary N) is 1. The van der Waals surface area contributed by atoms with Crippen LogP contribution >= 0.6 is 23.2 Å². The molecular weight excluding hydrogens is 283 g/mol. The Morgan fingerprint density at radius 3 is 2.26 bits per heavy atom. The van der Waals surface area contributed by atoms with Crippen LogP contribution in [0.2, 0.25) is 10.0 Å². The number of benzene rings is 1. The smallest absolute Gasteiger partial charge is 0.231 e. The van der Waals surface area contributed by atoms with E-state index in [2.05, 4.69) is 5.32 Å². The predicted molar refractivity (Wildman–Crippen MR) is 79.7 cm³/mol. The van der Waals surface area contributed by atoms with Crippen LogP contribution in [0.3, 0.4) is 0 Å². The molecule has 1 aliphatic carbocycles. The van der Waals surface area contributed by atoms with Crippen LogP contribution in [0.1, 0.15) is 32.1 Å². The molecule has 0 radical (unpaired) electrons. The molecule has 0 spiro atoms. The fourth-order valence-electron chi connectivity index (χ4n) is 2.64. The molecule has 3 nitrogen and oxygen atoms in total. The summed E-state index contributed by atoms with van der Waals surface area (Å²) in [5.74, 6) is -0.0203. The minimum atomic E-state index is -0.437. The van der Waals surface area contributed by atoms with Gasteiger partial charge in [0.2, 0.25) is 5.91 Å². The van der Waals surface area contributed by atoms with Gasteiger partial charge >= 0.3 is 0 Å². The first-order valence-corrected chi connectivity index (χ1v) is 7.29. The summed E-state index contributed by atoms with van der Waals surface area (Å²) < 4.78 is 0. The highest BCUT2D eigenvalue weighted by Gasteiger charge is 2.38. The molecule has 1 aromatic carbocycles. The maximum absolute atomic E-state index is 12.5. The molecular formula is C14H18Cl2N2O. The van der Waals surface area contributed by atoms with Gasteiger partial charge < -0.3 is 11.1 Å². The second-order valence-electron chi connectivity index (χ2n) is 5.16. The lowest BCUT2D eigenvalue weighted by atomic mass is 9.73. The summed E-state index contributed by atoms with van der Waals surface area (Å²) in [4.78, 5) is 12.5. The highest BCUT2D eigenvalue weighted by atomic mass is 35.5. The zero-order chi connectivity index (χ0) is 13.9.